The number of carboxylic acids is 1. The molecular formula is C22H16N2O5S2. The zero-order valence-electron chi connectivity index (χ0n) is 16.0. The molecule has 0 bridgehead atoms. The molecule has 7 nitrogen and oxygen atoms in total. The lowest BCUT2D eigenvalue weighted by molar-refractivity contribution is -0.118. The van der Waals surface area contributed by atoms with E-state index in [-0.39, 0.29) is 17.2 Å². The van der Waals surface area contributed by atoms with E-state index < -0.39 is 11.6 Å². The maximum Gasteiger partial charge on any atom is 0.345 e. The lowest BCUT2D eigenvalue weighted by Gasteiger charge is -2.05. The van der Waals surface area contributed by atoms with E-state index in [9.17, 15) is 14.4 Å². The number of aromatic nitrogens is 1. The number of hydrogen-bond donors (Lipinski definition) is 2. The van der Waals surface area contributed by atoms with Gasteiger partial charge in [-0.1, -0.05) is 42.1 Å². The van der Waals surface area contributed by atoms with Gasteiger partial charge in [0.2, 0.25) is 5.91 Å². The Morgan fingerprint density at radius 2 is 1.90 bits per heavy atom. The minimum absolute atomic E-state index is 0.172. The number of hydrogen-bond acceptors (Lipinski definition) is 7. The number of carboxylic acid groups (broad SMARTS) is 1. The van der Waals surface area contributed by atoms with Crippen LogP contribution in [0.25, 0.3) is 22.2 Å². The molecule has 4 rings (SSSR count). The van der Waals surface area contributed by atoms with Gasteiger partial charge >= 0.3 is 11.6 Å². The number of aromatic carboxylic acids is 1. The summed E-state index contributed by atoms with van der Waals surface area (Å²) in [6, 6.07) is 15.4. The Labute approximate surface area is 184 Å². The van der Waals surface area contributed by atoms with Crippen LogP contribution in [0.1, 0.15) is 15.9 Å². The van der Waals surface area contributed by atoms with Crippen molar-refractivity contribution in [3.63, 3.8) is 0 Å². The molecule has 0 atom stereocenters. The minimum atomic E-state index is -0.990. The van der Waals surface area contributed by atoms with Crippen LogP contribution < -0.4 is 10.9 Å². The zero-order valence-corrected chi connectivity index (χ0v) is 17.7. The topological polar surface area (TPSA) is 110 Å². The van der Waals surface area contributed by atoms with Crippen molar-refractivity contribution in [1.82, 2.24) is 10.3 Å². The monoisotopic (exact) mass is 452 g/mol. The maximum atomic E-state index is 12.3. The molecule has 0 unspecified atom stereocenters. The first-order chi connectivity index (χ1) is 15.0. The molecule has 1 amide bonds. The van der Waals surface area contributed by atoms with Gasteiger partial charge in [0.05, 0.1) is 22.6 Å². The number of carbonyl (C=O) groups excluding carboxylic acids is 1. The van der Waals surface area contributed by atoms with E-state index in [4.69, 9.17) is 9.52 Å². The predicted molar refractivity (Wildman–Crippen MR) is 120 cm³/mol. The Kier molecular flexibility index (Phi) is 6.15. The molecule has 31 heavy (non-hydrogen) atoms. The first kappa shape index (κ1) is 20.8. The number of thiazole rings is 1. The lowest BCUT2D eigenvalue weighted by atomic mass is 10.1. The van der Waals surface area contributed by atoms with Crippen LogP contribution in [0.5, 0.6) is 0 Å². The molecule has 2 aromatic carbocycles. The molecule has 0 aliphatic carbocycles. The van der Waals surface area contributed by atoms with Gasteiger partial charge in [0.25, 0.3) is 0 Å². The second-order valence-corrected chi connectivity index (χ2v) is 8.63. The van der Waals surface area contributed by atoms with Crippen LogP contribution in [0.15, 0.2) is 73.5 Å². The van der Waals surface area contributed by atoms with Gasteiger partial charge in [-0.3, -0.25) is 4.79 Å². The summed E-state index contributed by atoms with van der Waals surface area (Å²) in [5, 5.41) is 14.3. The fourth-order valence-corrected chi connectivity index (χ4v) is 4.49. The average molecular weight is 453 g/mol. The quantitative estimate of drug-likeness (QED) is 0.322. The number of carbonyl (C=O) groups is 2. The van der Waals surface area contributed by atoms with E-state index in [1.54, 1.807) is 35.7 Å². The molecular weight excluding hydrogens is 436 g/mol. The van der Waals surface area contributed by atoms with E-state index in [0.717, 1.165) is 10.9 Å². The Morgan fingerprint density at radius 3 is 2.68 bits per heavy atom. The molecule has 9 heteroatoms. The van der Waals surface area contributed by atoms with E-state index in [1.807, 2.05) is 12.1 Å². The lowest BCUT2D eigenvalue weighted by Crippen LogP contribution is -2.24. The molecule has 2 heterocycles. The summed E-state index contributed by atoms with van der Waals surface area (Å²) >= 11 is 2.63. The number of thioether (sulfide) groups is 1. The van der Waals surface area contributed by atoms with Crippen LogP contribution in [0.4, 0.5) is 0 Å². The number of para-hydroxylation sites is 1. The van der Waals surface area contributed by atoms with Crippen LogP contribution in [-0.4, -0.2) is 27.7 Å². The third-order valence-electron chi connectivity index (χ3n) is 4.42. The number of fused-ring (bicyclic) bond motifs is 1. The predicted octanol–water partition coefficient (Wildman–Crippen LogP) is 4.02. The van der Waals surface area contributed by atoms with Gasteiger partial charge < -0.3 is 14.8 Å². The van der Waals surface area contributed by atoms with Crippen molar-refractivity contribution in [2.75, 3.05) is 5.75 Å². The Hall–Kier alpha value is -3.43. The summed E-state index contributed by atoms with van der Waals surface area (Å²) in [5.41, 5.74) is 1.98. The standard InChI is InChI=1S/C22H16N2O5S2/c25-19(23-10-13-5-7-14(8-6-13)20(26)27)12-31-22-24-17(11-30-22)16-9-15-3-1-2-4-18(15)29-21(16)28/h1-9,11H,10,12H2,(H,23,25)(H,26,27). The van der Waals surface area contributed by atoms with Crippen molar-refractivity contribution in [3.05, 3.63) is 81.5 Å². The Morgan fingerprint density at radius 1 is 1.13 bits per heavy atom. The van der Waals surface area contributed by atoms with E-state index in [1.165, 1.54) is 35.2 Å². The van der Waals surface area contributed by atoms with Crippen LogP contribution in [-0.2, 0) is 11.3 Å². The van der Waals surface area contributed by atoms with Crippen LogP contribution in [0, 0.1) is 0 Å². The fraction of sp³-hybridized carbons (Fsp3) is 0.0909. The highest BCUT2D eigenvalue weighted by atomic mass is 32.2. The number of benzene rings is 2. The third-order valence-corrected chi connectivity index (χ3v) is 6.44. The summed E-state index contributed by atoms with van der Waals surface area (Å²) in [6.07, 6.45) is 0. The SMILES string of the molecule is O=C(CSc1nc(-c2cc3ccccc3oc2=O)cs1)NCc1ccc(C(=O)O)cc1. The van der Waals surface area contributed by atoms with Gasteiger partial charge in [-0.05, 0) is 29.8 Å². The molecule has 0 spiro atoms. The number of amides is 1. The zero-order chi connectivity index (χ0) is 21.8. The van der Waals surface area contributed by atoms with Crippen molar-refractivity contribution in [2.24, 2.45) is 0 Å². The molecule has 0 aliphatic rings. The van der Waals surface area contributed by atoms with Crippen LogP contribution in [0.2, 0.25) is 0 Å². The molecule has 0 saturated carbocycles. The average Bonchev–Trinajstić information content (AvgIpc) is 3.25. The molecule has 0 saturated heterocycles. The van der Waals surface area contributed by atoms with E-state index >= 15 is 0 Å². The van der Waals surface area contributed by atoms with Gasteiger partial charge in [-0.25, -0.2) is 14.6 Å². The molecule has 0 aliphatic heterocycles. The van der Waals surface area contributed by atoms with Crippen molar-refractivity contribution < 1.29 is 19.1 Å². The van der Waals surface area contributed by atoms with E-state index in [0.29, 0.717) is 27.7 Å². The highest BCUT2D eigenvalue weighted by Crippen LogP contribution is 2.28. The number of nitrogens with zero attached hydrogens (tertiary/aromatic N) is 1. The Bertz CT molecular complexity index is 1310. The summed E-state index contributed by atoms with van der Waals surface area (Å²) in [7, 11) is 0. The summed E-state index contributed by atoms with van der Waals surface area (Å²) in [5.74, 6) is -0.988. The first-order valence-corrected chi connectivity index (χ1v) is 11.1. The molecule has 4 aromatic rings. The molecule has 2 N–H and O–H groups in total. The van der Waals surface area contributed by atoms with Gasteiger partial charge in [0.15, 0.2) is 4.34 Å². The summed E-state index contributed by atoms with van der Waals surface area (Å²) < 4.78 is 6.02. The van der Waals surface area contributed by atoms with Crippen molar-refractivity contribution >= 4 is 45.9 Å². The van der Waals surface area contributed by atoms with Crippen molar-refractivity contribution in [2.45, 2.75) is 10.9 Å². The number of nitrogens with one attached hydrogen (secondary N) is 1. The second-order valence-electron chi connectivity index (χ2n) is 6.55. The highest BCUT2D eigenvalue weighted by molar-refractivity contribution is 8.01. The fourth-order valence-electron chi connectivity index (χ4n) is 2.83. The third kappa shape index (κ3) is 5.01. The smallest absolute Gasteiger partial charge is 0.345 e. The van der Waals surface area contributed by atoms with E-state index in [2.05, 4.69) is 10.3 Å². The largest absolute Gasteiger partial charge is 0.478 e. The molecule has 0 fully saturated rings. The highest BCUT2D eigenvalue weighted by Gasteiger charge is 2.13. The van der Waals surface area contributed by atoms with Crippen LogP contribution in [0.3, 0.4) is 0 Å². The maximum absolute atomic E-state index is 12.3. The van der Waals surface area contributed by atoms with Crippen LogP contribution >= 0.6 is 23.1 Å². The molecule has 2 aromatic heterocycles. The summed E-state index contributed by atoms with van der Waals surface area (Å²) in [4.78, 5) is 39.7. The van der Waals surface area contributed by atoms with Gasteiger partial charge in [-0.2, -0.15) is 0 Å². The minimum Gasteiger partial charge on any atom is -0.478 e. The van der Waals surface area contributed by atoms with Gasteiger partial charge in [0, 0.05) is 17.3 Å². The number of rotatable bonds is 7. The van der Waals surface area contributed by atoms with Crippen molar-refractivity contribution in [3.8, 4) is 11.3 Å². The van der Waals surface area contributed by atoms with Gasteiger partial charge in [0.1, 0.15) is 5.58 Å². The van der Waals surface area contributed by atoms with Gasteiger partial charge in [-0.15, -0.1) is 11.3 Å². The molecule has 156 valence electrons. The van der Waals surface area contributed by atoms with Crippen molar-refractivity contribution in [1.29, 1.82) is 0 Å². The normalized spacial score (nSPS) is 10.8. The molecule has 0 radical (unpaired) electrons. The second kappa shape index (κ2) is 9.15. The summed E-state index contributed by atoms with van der Waals surface area (Å²) in [6.45, 7) is 0.306. The Balaban J connectivity index is 1.35. The first-order valence-electron chi connectivity index (χ1n) is 9.20.